The van der Waals surface area contributed by atoms with Crippen LogP contribution in [0.4, 0.5) is 26.3 Å². The predicted octanol–water partition coefficient (Wildman–Crippen LogP) is 17.1. The lowest BCUT2D eigenvalue weighted by Gasteiger charge is -2.19. The molecule has 0 aliphatic heterocycles. The number of unbranched alkanes of at least 4 members (excludes halogenated alkanes) is 18. The molecule has 0 spiro atoms. The molecule has 0 unspecified atom stereocenters. The van der Waals surface area contributed by atoms with Gasteiger partial charge in [0, 0.05) is 11.1 Å². The molecule has 3 aromatic carbocycles. The molecule has 0 amide bonds. The van der Waals surface area contributed by atoms with Gasteiger partial charge in [0.05, 0.1) is 44.7 Å². The number of hydrogen-bond acceptors (Lipinski definition) is 4. The summed E-state index contributed by atoms with van der Waals surface area (Å²) in [6.07, 6.45) is 14.5. The molecule has 0 bridgehead atoms. The Morgan fingerprint density at radius 1 is 0.431 bits per heavy atom. The summed E-state index contributed by atoms with van der Waals surface area (Å²) in [5.41, 5.74) is 0.0858. The number of aromatic nitrogens is 2. The van der Waals surface area contributed by atoms with Crippen molar-refractivity contribution in [3.8, 4) is 34.0 Å². The van der Waals surface area contributed by atoms with Crippen molar-refractivity contribution in [2.45, 2.75) is 155 Å². The first kappa shape index (κ1) is 47.8. The van der Waals surface area contributed by atoms with Crippen molar-refractivity contribution in [2.75, 3.05) is 13.2 Å². The van der Waals surface area contributed by atoms with Gasteiger partial charge in [-0.3, -0.25) is 0 Å². The molecule has 0 fully saturated rings. The van der Waals surface area contributed by atoms with Crippen molar-refractivity contribution < 1.29 is 35.8 Å². The molecule has 4 rings (SSSR count). The Bertz CT molecular complexity index is 1680. The Kier molecular flexibility index (Phi) is 20.1. The number of ether oxygens (including phenoxy) is 2. The minimum Gasteiger partial charge on any atom is -0.488 e. The fraction of sp³-hybridized carbons (Fsp3) is 0.565. The molecule has 0 saturated carbocycles. The van der Waals surface area contributed by atoms with Gasteiger partial charge in [-0.2, -0.15) is 26.3 Å². The highest BCUT2D eigenvalue weighted by Crippen LogP contribution is 2.48. The van der Waals surface area contributed by atoms with Crippen molar-refractivity contribution in [2.24, 2.45) is 0 Å². The maximum Gasteiger partial charge on any atom is 0.416 e. The first-order valence-electron chi connectivity index (χ1n) is 21.2. The topological polar surface area (TPSA) is 44.2 Å². The van der Waals surface area contributed by atoms with E-state index in [0.717, 1.165) is 62.8 Å². The van der Waals surface area contributed by atoms with Crippen LogP contribution in [0, 0.1) is 0 Å². The van der Waals surface area contributed by atoms with Gasteiger partial charge >= 0.3 is 12.4 Å². The smallest absolute Gasteiger partial charge is 0.416 e. The number of fused-ring (bicyclic) bond motifs is 1. The zero-order valence-electron chi connectivity index (χ0n) is 33.9. The van der Waals surface area contributed by atoms with Crippen LogP contribution in [0.15, 0.2) is 57.5 Å². The average molecular weight is 945 g/mol. The molecule has 4 nitrogen and oxygen atoms in total. The van der Waals surface area contributed by atoms with E-state index in [2.05, 4.69) is 45.7 Å². The third-order valence-corrected chi connectivity index (χ3v) is 11.8. The van der Waals surface area contributed by atoms with Crippen LogP contribution >= 0.6 is 31.9 Å². The quantitative estimate of drug-likeness (QED) is 0.0465. The van der Waals surface area contributed by atoms with E-state index in [0.29, 0.717) is 55.8 Å². The summed E-state index contributed by atoms with van der Waals surface area (Å²) >= 11 is 7.45. The molecule has 320 valence electrons. The van der Waals surface area contributed by atoms with E-state index >= 15 is 0 Å². The molecule has 0 aliphatic rings. The van der Waals surface area contributed by atoms with Crippen LogP contribution < -0.4 is 9.47 Å². The van der Waals surface area contributed by atoms with Crippen molar-refractivity contribution >= 4 is 42.9 Å². The zero-order chi connectivity index (χ0) is 42.0. The molecule has 1 heterocycles. The summed E-state index contributed by atoms with van der Waals surface area (Å²) in [4.78, 5) is 9.87. The molecule has 4 aromatic rings. The van der Waals surface area contributed by atoms with E-state index in [-0.39, 0.29) is 11.4 Å². The van der Waals surface area contributed by atoms with Gasteiger partial charge < -0.3 is 9.47 Å². The summed E-state index contributed by atoms with van der Waals surface area (Å²) in [5.74, 6) is 0.884. The molecule has 0 aliphatic carbocycles. The monoisotopic (exact) mass is 942 g/mol. The largest absolute Gasteiger partial charge is 0.488 e. The summed E-state index contributed by atoms with van der Waals surface area (Å²) in [6, 6.07) is 8.98. The second-order valence-electron chi connectivity index (χ2n) is 15.1. The Labute approximate surface area is 357 Å². The van der Waals surface area contributed by atoms with E-state index in [4.69, 9.17) is 19.4 Å². The lowest BCUT2D eigenvalue weighted by molar-refractivity contribution is -0.138. The molecule has 1 aromatic heterocycles. The number of benzene rings is 3. The van der Waals surface area contributed by atoms with Gasteiger partial charge in [0.25, 0.3) is 0 Å². The van der Waals surface area contributed by atoms with Gasteiger partial charge in [0.1, 0.15) is 11.0 Å². The van der Waals surface area contributed by atoms with E-state index in [9.17, 15) is 26.3 Å². The molecular formula is C46H58Br2F6N2O2. The molecule has 0 saturated heterocycles. The lowest BCUT2D eigenvalue weighted by Crippen LogP contribution is -2.07. The van der Waals surface area contributed by atoms with E-state index in [1.165, 1.54) is 114 Å². The summed E-state index contributed by atoms with van der Waals surface area (Å²) in [6.45, 7) is 5.32. The summed E-state index contributed by atoms with van der Waals surface area (Å²) in [7, 11) is 0. The average Bonchev–Trinajstić information content (AvgIpc) is 3.20. The van der Waals surface area contributed by atoms with Gasteiger partial charge in [-0.15, -0.1) is 0 Å². The maximum atomic E-state index is 13.5. The second kappa shape index (κ2) is 24.4. The molecule has 58 heavy (non-hydrogen) atoms. The fourth-order valence-corrected chi connectivity index (χ4v) is 8.12. The van der Waals surface area contributed by atoms with E-state index in [1.807, 2.05) is 0 Å². The predicted molar refractivity (Wildman–Crippen MR) is 230 cm³/mol. The Morgan fingerprint density at radius 2 is 0.707 bits per heavy atom. The van der Waals surface area contributed by atoms with Crippen molar-refractivity contribution in [3.05, 3.63) is 68.6 Å². The number of nitrogens with zero attached hydrogens (tertiary/aromatic N) is 2. The minimum absolute atomic E-state index is 0.202. The number of rotatable bonds is 26. The minimum atomic E-state index is -4.55. The molecule has 0 atom stereocenters. The fourth-order valence-electron chi connectivity index (χ4n) is 6.98. The van der Waals surface area contributed by atoms with Crippen LogP contribution in [0.3, 0.4) is 0 Å². The zero-order valence-corrected chi connectivity index (χ0v) is 37.1. The summed E-state index contributed by atoms with van der Waals surface area (Å²) < 4.78 is 94.9. The van der Waals surface area contributed by atoms with Crippen molar-refractivity contribution in [1.82, 2.24) is 9.97 Å². The summed E-state index contributed by atoms with van der Waals surface area (Å²) in [5, 5.41) is 0. The second-order valence-corrected chi connectivity index (χ2v) is 16.7. The van der Waals surface area contributed by atoms with Crippen LogP contribution in [-0.4, -0.2) is 23.2 Å². The van der Waals surface area contributed by atoms with Crippen molar-refractivity contribution in [1.29, 1.82) is 0 Å². The third kappa shape index (κ3) is 14.7. The third-order valence-electron chi connectivity index (χ3n) is 10.4. The Morgan fingerprint density at radius 3 is 0.983 bits per heavy atom. The van der Waals surface area contributed by atoms with Crippen molar-refractivity contribution in [3.63, 3.8) is 0 Å². The van der Waals surface area contributed by atoms with Crippen LogP contribution in [-0.2, 0) is 12.4 Å². The molecule has 12 heteroatoms. The van der Waals surface area contributed by atoms with Crippen LogP contribution in [0.5, 0.6) is 11.5 Å². The van der Waals surface area contributed by atoms with Crippen LogP contribution in [0.1, 0.15) is 153 Å². The van der Waals surface area contributed by atoms with Gasteiger partial charge in [-0.1, -0.05) is 154 Å². The number of halogens is 8. The lowest BCUT2D eigenvalue weighted by atomic mass is 10.0. The standard InChI is InChI=1S/C46H58Br2F6N2O2/c1-3-5-7-9-11-13-15-17-19-21-31-57-43-37(47)41-42(38(48)44(43)58-32-22-20-18-16-14-12-10-8-6-4-2)56-40(34-25-29-36(30-26-34)46(52,53)54)39(55-41)33-23-27-35(28-24-33)45(49,50)51/h23-30H,3-22,31-32H2,1-2H3. The highest BCUT2D eigenvalue weighted by Gasteiger charge is 2.32. The molecule has 0 N–H and O–H groups in total. The number of alkyl halides is 6. The van der Waals surface area contributed by atoms with Crippen LogP contribution in [0.25, 0.3) is 33.5 Å². The Balaban J connectivity index is 1.63. The van der Waals surface area contributed by atoms with E-state index in [1.54, 1.807) is 0 Å². The first-order valence-corrected chi connectivity index (χ1v) is 22.8. The van der Waals surface area contributed by atoms with Gasteiger partial charge in [0.2, 0.25) is 0 Å². The van der Waals surface area contributed by atoms with Gasteiger partial charge in [-0.05, 0) is 69.0 Å². The highest BCUT2D eigenvalue weighted by atomic mass is 79.9. The normalized spacial score (nSPS) is 12.1. The number of hydrogen-bond donors (Lipinski definition) is 0. The molecule has 0 radical (unpaired) electrons. The van der Waals surface area contributed by atoms with Crippen LogP contribution in [0.2, 0.25) is 0 Å². The maximum absolute atomic E-state index is 13.5. The van der Waals surface area contributed by atoms with E-state index < -0.39 is 23.5 Å². The van der Waals surface area contributed by atoms with Gasteiger partial charge in [-0.25, -0.2) is 9.97 Å². The first-order chi connectivity index (χ1) is 27.9. The highest BCUT2D eigenvalue weighted by molar-refractivity contribution is 9.11. The SMILES string of the molecule is CCCCCCCCCCCCOc1c(OCCCCCCCCCCCC)c(Br)c2nc(-c3ccc(C(F)(F)F)cc3)c(-c3ccc(C(F)(F)F)cc3)nc2c1Br. The Hall–Kier alpha value is -2.86. The van der Waals surface area contributed by atoms with Gasteiger partial charge in [0.15, 0.2) is 11.5 Å². The molecular weight excluding hydrogens is 886 g/mol.